The molecule has 218 valence electrons. The number of furan rings is 2. The molecule has 0 saturated heterocycles. The molecule has 0 spiro atoms. The Morgan fingerprint density at radius 3 is 1.38 bits per heavy atom. The Bertz CT molecular complexity index is 2580. The van der Waals surface area contributed by atoms with Crippen molar-refractivity contribution >= 4 is 67.0 Å². The Kier molecular flexibility index (Phi) is 4.89. The van der Waals surface area contributed by atoms with E-state index in [4.69, 9.17) is 18.3 Å². The van der Waals surface area contributed by atoms with E-state index in [1.54, 1.807) is 0 Å². The van der Waals surface area contributed by atoms with Gasteiger partial charge in [0.25, 0.3) is 6.71 Å². The van der Waals surface area contributed by atoms with Gasteiger partial charge in [-0.3, -0.25) is 0 Å². The molecule has 9 aromatic rings. The van der Waals surface area contributed by atoms with Crippen LogP contribution in [0.25, 0.3) is 66.1 Å². The molecule has 0 fully saturated rings. The SMILES string of the molecule is c1cc2c3c(c1)Oc1cc(-c4cccc5c4oc4ccccc45)ccc1B3c1ccc(-c3cccc4c3oc3ccccc34)cc1O2. The van der Waals surface area contributed by atoms with Crippen LogP contribution in [-0.2, 0) is 0 Å². The first-order chi connectivity index (χ1) is 23.3. The molecule has 0 N–H and O–H groups in total. The Morgan fingerprint density at radius 2 is 0.851 bits per heavy atom. The summed E-state index contributed by atoms with van der Waals surface area (Å²) in [4.78, 5) is 0. The van der Waals surface area contributed by atoms with Gasteiger partial charge in [-0.1, -0.05) is 103 Å². The Labute approximate surface area is 269 Å². The minimum absolute atomic E-state index is 0.0270. The molecule has 4 nitrogen and oxygen atoms in total. The molecule has 0 radical (unpaired) electrons. The van der Waals surface area contributed by atoms with Gasteiger partial charge in [0.2, 0.25) is 0 Å². The third kappa shape index (κ3) is 3.48. The molecule has 2 aliphatic heterocycles. The lowest BCUT2D eigenvalue weighted by atomic mass is 9.35. The van der Waals surface area contributed by atoms with E-state index >= 15 is 0 Å². The molecule has 0 bridgehead atoms. The summed E-state index contributed by atoms with van der Waals surface area (Å²) in [6.45, 7) is -0.0270. The smallest absolute Gasteiger partial charge is 0.260 e. The van der Waals surface area contributed by atoms with Crippen LogP contribution in [0.1, 0.15) is 0 Å². The maximum atomic E-state index is 6.62. The first kappa shape index (κ1) is 25.0. The second-order valence-corrected chi connectivity index (χ2v) is 12.4. The summed E-state index contributed by atoms with van der Waals surface area (Å²) in [6.07, 6.45) is 0. The fourth-order valence-corrected chi connectivity index (χ4v) is 7.71. The van der Waals surface area contributed by atoms with Gasteiger partial charge < -0.3 is 18.3 Å². The third-order valence-corrected chi connectivity index (χ3v) is 9.83. The molecule has 11 rings (SSSR count). The van der Waals surface area contributed by atoms with Crippen LogP contribution in [-0.4, -0.2) is 6.71 Å². The van der Waals surface area contributed by atoms with Crippen LogP contribution in [0.15, 0.2) is 148 Å². The van der Waals surface area contributed by atoms with Crippen LogP contribution in [0.4, 0.5) is 0 Å². The van der Waals surface area contributed by atoms with Gasteiger partial charge in [-0.15, -0.1) is 0 Å². The first-order valence-corrected chi connectivity index (χ1v) is 15.9. The highest BCUT2D eigenvalue weighted by atomic mass is 16.5. The van der Waals surface area contributed by atoms with Crippen molar-refractivity contribution in [3.63, 3.8) is 0 Å². The molecule has 47 heavy (non-hydrogen) atoms. The van der Waals surface area contributed by atoms with E-state index in [2.05, 4.69) is 97.1 Å². The topological polar surface area (TPSA) is 44.7 Å². The van der Waals surface area contributed by atoms with Crippen molar-refractivity contribution in [1.82, 2.24) is 0 Å². The molecule has 0 amide bonds. The predicted octanol–water partition coefficient (Wildman–Crippen LogP) is 9.55. The van der Waals surface area contributed by atoms with Crippen molar-refractivity contribution < 1.29 is 18.3 Å². The molecule has 0 atom stereocenters. The summed E-state index contributed by atoms with van der Waals surface area (Å²) in [5.41, 5.74) is 11.0. The van der Waals surface area contributed by atoms with Crippen LogP contribution in [0.5, 0.6) is 23.0 Å². The standard InChI is InChI=1S/C42H23BO4/c1-3-14-34-28(8-1)30-12-5-10-26(41(30)46-34)24-18-20-32-38(22-24)44-36-16-7-17-37-40(36)43(32)33-21-19-25(23-39(33)45-37)27-11-6-13-31-29-9-2-4-15-35(29)47-42(27)31/h1-23H. The van der Waals surface area contributed by atoms with Crippen molar-refractivity contribution in [3.05, 3.63) is 140 Å². The summed E-state index contributed by atoms with van der Waals surface area (Å²) in [7, 11) is 0. The number of hydrogen-bond acceptors (Lipinski definition) is 4. The van der Waals surface area contributed by atoms with E-state index in [9.17, 15) is 0 Å². The third-order valence-electron chi connectivity index (χ3n) is 9.83. The van der Waals surface area contributed by atoms with Gasteiger partial charge in [-0.25, -0.2) is 0 Å². The van der Waals surface area contributed by atoms with Crippen LogP contribution >= 0.6 is 0 Å². The number of hydrogen-bond donors (Lipinski definition) is 0. The number of para-hydroxylation sites is 4. The average Bonchev–Trinajstić information content (AvgIpc) is 3.70. The largest absolute Gasteiger partial charge is 0.458 e. The van der Waals surface area contributed by atoms with Gasteiger partial charge in [0, 0.05) is 38.1 Å². The number of benzene rings is 7. The van der Waals surface area contributed by atoms with Crippen molar-refractivity contribution in [2.75, 3.05) is 0 Å². The zero-order valence-corrected chi connectivity index (χ0v) is 25.0. The van der Waals surface area contributed by atoms with Gasteiger partial charge in [-0.2, -0.15) is 0 Å². The van der Waals surface area contributed by atoms with Gasteiger partial charge >= 0.3 is 0 Å². The average molecular weight is 602 g/mol. The minimum Gasteiger partial charge on any atom is -0.458 e. The predicted molar refractivity (Wildman–Crippen MR) is 190 cm³/mol. The lowest BCUT2D eigenvalue weighted by Gasteiger charge is -2.33. The lowest BCUT2D eigenvalue weighted by molar-refractivity contribution is 0.465. The molecule has 0 unspecified atom stereocenters. The van der Waals surface area contributed by atoms with E-state index in [1.807, 2.05) is 42.5 Å². The number of ether oxygens (including phenoxy) is 2. The summed E-state index contributed by atoms with van der Waals surface area (Å²) >= 11 is 0. The Balaban J connectivity index is 1.06. The fourth-order valence-electron chi connectivity index (χ4n) is 7.71. The van der Waals surface area contributed by atoms with Gasteiger partial charge in [-0.05, 0) is 58.5 Å². The maximum absolute atomic E-state index is 6.62. The Morgan fingerprint density at radius 1 is 0.383 bits per heavy atom. The molecule has 4 heterocycles. The molecule has 0 aliphatic carbocycles. The Hall–Kier alpha value is -6.20. The van der Waals surface area contributed by atoms with Crippen molar-refractivity contribution in [2.24, 2.45) is 0 Å². The van der Waals surface area contributed by atoms with Crippen molar-refractivity contribution in [2.45, 2.75) is 0 Å². The molecule has 0 saturated carbocycles. The first-order valence-electron chi connectivity index (χ1n) is 15.9. The zero-order chi connectivity index (χ0) is 30.6. The highest BCUT2D eigenvalue weighted by molar-refractivity contribution is 6.98. The molecule has 2 aromatic heterocycles. The molecule has 5 heteroatoms. The lowest BCUT2D eigenvalue weighted by Crippen LogP contribution is -2.57. The zero-order valence-electron chi connectivity index (χ0n) is 25.0. The molecular weight excluding hydrogens is 579 g/mol. The second kappa shape index (κ2) is 9.18. The summed E-state index contributed by atoms with van der Waals surface area (Å²) in [6, 6.07) is 48.2. The second-order valence-electron chi connectivity index (χ2n) is 12.4. The van der Waals surface area contributed by atoms with Gasteiger partial charge in [0.15, 0.2) is 0 Å². The van der Waals surface area contributed by atoms with E-state index in [1.165, 1.54) is 0 Å². The molecule has 2 aliphatic rings. The number of fused-ring (bicyclic) bond motifs is 10. The quantitative estimate of drug-likeness (QED) is 0.185. The van der Waals surface area contributed by atoms with Crippen molar-refractivity contribution in [3.8, 4) is 45.3 Å². The van der Waals surface area contributed by atoms with E-state index < -0.39 is 0 Å². The van der Waals surface area contributed by atoms with Crippen LogP contribution in [0, 0.1) is 0 Å². The minimum atomic E-state index is -0.0270. The van der Waals surface area contributed by atoms with E-state index in [0.717, 1.165) is 106 Å². The van der Waals surface area contributed by atoms with Crippen LogP contribution in [0.3, 0.4) is 0 Å². The van der Waals surface area contributed by atoms with Gasteiger partial charge in [0.1, 0.15) is 45.3 Å². The summed E-state index contributed by atoms with van der Waals surface area (Å²) in [5.74, 6) is 3.32. The monoisotopic (exact) mass is 602 g/mol. The van der Waals surface area contributed by atoms with Crippen LogP contribution in [0.2, 0.25) is 0 Å². The summed E-state index contributed by atoms with van der Waals surface area (Å²) < 4.78 is 26.0. The summed E-state index contributed by atoms with van der Waals surface area (Å²) in [5, 5.41) is 4.46. The van der Waals surface area contributed by atoms with Crippen LogP contribution < -0.4 is 25.9 Å². The van der Waals surface area contributed by atoms with E-state index in [0.29, 0.717) is 0 Å². The van der Waals surface area contributed by atoms with Gasteiger partial charge in [0.05, 0.1) is 0 Å². The normalized spacial score (nSPS) is 13.0. The van der Waals surface area contributed by atoms with E-state index in [-0.39, 0.29) is 6.71 Å². The molecule has 7 aromatic carbocycles. The highest BCUT2D eigenvalue weighted by Crippen LogP contribution is 2.41. The number of rotatable bonds is 2. The molecular formula is C42H23BO4. The highest BCUT2D eigenvalue weighted by Gasteiger charge is 2.40. The fraction of sp³-hybridized carbons (Fsp3) is 0. The van der Waals surface area contributed by atoms with Crippen molar-refractivity contribution in [1.29, 1.82) is 0 Å². The maximum Gasteiger partial charge on any atom is 0.260 e.